The Labute approximate surface area is 217 Å². The summed E-state index contributed by atoms with van der Waals surface area (Å²) in [6.07, 6.45) is 6.61. The second kappa shape index (κ2) is 13.4. The van der Waals surface area contributed by atoms with Crippen molar-refractivity contribution in [3.63, 3.8) is 0 Å². The molecule has 2 aromatic rings. The van der Waals surface area contributed by atoms with Gasteiger partial charge in [0.1, 0.15) is 6.73 Å². The van der Waals surface area contributed by atoms with E-state index in [2.05, 4.69) is 30.0 Å². The van der Waals surface area contributed by atoms with E-state index in [9.17, 15) is 9.59 Å². The van der Waals surface area contributed by atoms with Crippen LogP contribution in [-0.4, -0.2) is 57.0 Å². The van der Waals surface area contributed by atoms with Crippen LogP contribution in [0.3, 0.4) is 0 Å². The molecule has 9 heteroatoms. The molecular formula is C27H41BN3O4Si. The fraction of sp³-hybridized carbons (Fsp3) is 0.593. The number of aromatic nitrogens is 2. The van der Waals surface area contributed by atoms with Gasteiger partial charge in [0.25, 0.3) is 7.41 Å². The van der Waals surface area contributed by atoms with Gasteiger partial charge in [-0.25, -0.2) is 4.68 Å². The topological polar surface area (TPSA) is 82.5 Å². The molecule has 1 heterocycles. The van der Waals surface area contributed by atoms with Gasteiger partial charge in [-0.15, -0.1) is 0 Å². The van der Waals surface area contributed by atoms with E-state index < -0.39 is 8.07 Å². The predicted octanol–water partition coefficient (Wildman–Crippen LogP) is 4.64. The molecule has 1 radical (unpaired) electrons. The Morgan fingerprint density at radius 3 is 2.53 bits per heavy atom. The van der Waals surface area contributed by atoms with Gasteiger partial charge in [0.05, 0.1) is 30.6 Å². The minimum absolute atomic E-state index is 0.129. The van der Waals surface area contributed by atoms with E-state index in [4.69, 9.17) is 9.47 Å². The van der Waals surface area contributed by atoms with Crippen LogP contribution in [0, 0.1) is 12.8 Å². The minimum atomic E-state index is -1.15. The maximum absolute atomic E-state index is 13.2. The van der Waals surface area contributed by atoms with Crippen LogP contribution in [0.2, 0.25) is 25.7 Å². The number of Topliss-reactive ketones (excluding diaryl/α,β-unsaturated/α-hetero) is 1. The second-order valence-corrected chi connectivity index (χ2v) is 16.6. The van der Waals surface area contributed by atoms with E-state index in [1.54, 1.807) is 11.8 Å². The fourth-order valence-corrected chi connectivity index (χ4v) is 5.68. The van der Waals surface area contributed by atoms with Gasteiger partial charge in [-0.1, -0.05) is 63.2 Å². The van der Waals surface area contributed by atoms with E-state index >= 15 is 0 Å². The average molecular weight is 511 g/mol. The first kappa shape index (κ1) is 28.3. The molecular weight excluding hydrogens is 469 g/mol. The molecule has 0 unspecified atom stereocenters. The molecule has 7 nitrogen and oxygen atoms in total. The molecule has 0 spiro atoms. The van der Waals surface area contributed by atoms with Gasteiger partial charge in [-0.05, 0) is 42.9 Å². The van der Waals surface area contributed by atoms with Crippen LogP contribution in [0.4, 0.5) is 0 Å². The summed E-state index contributed by atoms with van der Waals surface area (Å²) in [7, 11) is 1.87. The van der Waals surface area contributed by atoms with Crippen molar-refractivity contribution in [1.29, 1.82) is 0 Å². The molecule has 3 rings (SSSR count). The number of carbonyl (C=O) groups excluding carboxylic acids is 2. The molecule has 1 aliphatic rings. The maximum atomic E-state index is 13.2. The Morgan fingerprint density at radius 2 is 1.92 bits per heavy atom. The van der Waals surface area contributed by atoms with Crippen molar-refractivity contribution in [3.8, 4) is 17.0 Å². The standard InChI is InChI=1S/C27H41BN3O4Si/c1-20-25(27(34-2)31(30-20)19-35-15-16-36(3,4)5)22-13-11-21(12-14-22)17-24(33)26(29-28-18-32)23-9-7-6-8-10-23/h11-14,18,23,26,29H,6-10,15-17,19H2,1-5H3/t26-/m0/s1. The molecule has 0 aliphatic heterocycles. The zero-order valence-electron chi connectivity index (χ0n) is 22.5. The van der Waals surface area contributed by atoms with Crippen molar-refractivity contribution in [2.75, 3.05) is 13.7 Å². The number of hydrogen-bond donors (Lipinski definition) is 1. The molecule has 0 saturated heterocycles. The lowest BCUT2D eigenvalue weighted by molar-refractivity contribution is -0.121. The number of hydrogen-bond acceptors (Lipinski definition) is 6. The van der Waals surface area contributed by atoms with E-state index in [-0.39, 0.29) is 17.7 Å². The van der Waals surface area contributed by atoms with E-state index in [0.717, 1.165) is 60.7 Å². The maximum Gasteiger partial charge on any atom is 0.290 e. The van der Waals surface area contributed by atoms with Crippen LogP contribution in [-0.2, 0) is 27.5 Å². The van der Waals surface area contributed by atoms with Crippen LogP contribution in [0.15, 0.2) is 24.3 Å². The highest BCUT2D eigenvalue weighted by molar-refractivity contribution is 6.76. The summed E-state index contributed by atoms with van der Waals surface area (Å²) in [5, 5.41) is 7.72. The number of nitrogens with zero attached hydrogens (tertiary/aromatic N) is 2. The van der Waals surface area contributed by atoms with Crippen molar-refractivity contribution >= 4 is 27.5 Å². The van der Waals surface area contributed by atoms with Crippen LogP contribution in [0.1, 0.15) is 43.4 Å². The van der Waals surface area contributed by atoms with E-state index in [1.807, 2.05) is 31.2 Å². The molecule has 1 aliphatic carbocycles. The molecule has 36 heavy (non-hydrogen) atoms. The Balaban J connectivity index is 1.69. The second-order valence-electron chi connectivity index (χ2n) is 11.0. The van der Waals surface area contributed by atoms with Gasteiger partial charge in [0.15, 0.2) is 5.78 Å². The Hall–Kier alpha value is -2.23. The van der Waals surface area contributed by atoms with Gasteiger partial charge in [0, 0.05) is 21.1 Å². The molecule has 195 valence electrons. The van der Waals surface area contributed by atoms with E-state index in [0.29, 0.717) is 25.2 Å². The molecule has 1 saturated carbocycles. The van der Waals surface area contributed by atoms with Gasteiger partial charge in [0.2, 0.25) is 5.88 Å². The van der Waals surface area contributed by atoms with Crippen molar-refractivity contribution in [1.82, 2.24) is 15.0 Å². The zero-order valence-corrected chi connectivity index (χ0v) is 23.5. The largest absolute Gasteiger partial charge is 0.481 e. The zero-order chi connectivity index (χ0) is 26.1. The number of benzene rings is 1. The number of rotatable bonds is 14. The third-order valence-corrected chi connectivity index (χ3v) is 8.62. The molecule has 0 bridgehead atoms. The summed E-state index contributed by atoms with van der Waals surface area (Å²) in [4.78, 5) is 24.1. The van der Waals surface area contributed by atoms with Gasteiger partial charge in [-0.2, -0.15) is 5.10 Å². The molecule has 1 aromatic heterocycles. The normalized spacial score (nSPS) is 15.5. The number of carbonyl (C=O) groups is 2. The smallest absolute Gasteiger partial charge is 0.290 e. The van der Waals surface area contributed by atoms with Gasteiger partial charge < -0.3 is 19.5 Å². The number of ketones is 1. The third kappa shape index (κ3) is 7.88. The van der Waals surface area contributed by atoms with Crippen molar-refractivity contribution in [2.45, 2.75) is 83.9 Å². The first-order valence-corrected chi connectivity index (χ1v) is 16.8. The lowest BCUT2D eigenvalue weighted by Crippen LogP contribution is -2.46. The molecule has 1 atom stereocenters. The number of ether oxygens (including phenoxy) is 2. The molecule has 1 aromatic carbocycles. The average Bonchev–Trinajstić information content (AvgIpc) is 3.17. The molecule has 1 N–H and O–H groups in total. The monoisotopic (exact) mass is 510 g/mol. The quantitative estimate of drug-likeness (QED) is 0.227. The highest BCUT2D eigenvalue weighted by atomic mass is 28.3. The summed E-state index contributed by atoms with van der Waals surface area (Å²) >= 11 is 0. The van der Waals surface area contributed by atoms with E-state index in [1.165, 1.54) is 13.8 Å². The van der Waals surface area contributed by atoms with Gasteiger partial charge >= 0.3 is 0 Å². The lowest BCUT2D eigenvalue weighted by atomic mass is 9.79. The van der Waals surface area contributed by atoms with Crippen LogP contribution in [0.5, 0.6) is 5.88 Å². The number of nitrogens with one attached hydrogen (secondary N) is 1. The summed E-state index contributed by atoms with van der Waals surface area (Å²) in [5.74, 6) is 1.09. The summed E-state index contributed by atoms with van der Waals surface area (Å²) in [6, 6.07) is 8.83. The number of methoxy groups -OCH3 is 1. The van der Waals surface area contributed by atoms with Crippen LogP contribution in [0.25, 0.3) is 11.1 Å². The Morgan fingerprint density at radius 1 is 1.22 bits per heavy atom. The van der Waals surface area contributed by atoms with Crippen LogP contribution >= 0.6 is 0 Å². The van der Waals surface area contributed by atoms with Gasteiger partial charge in [-0.3, -0.25) is 4.79 Å². The number of aryl methyl sites for hydroxylation is 1. The summed E-state index contributed by atoms with van der Waals surface area (Å²) in [5.41, 5.74) is 3.75. The highest BCUT2D eigenvalue weighted by Crippen LogP contribution is 2.34. The third-order valence-electron chi connectivity index (χ3n) is 6.92. The molecule has 1 fully saturated rings. The minimum Gasteiger partial charge on any atom is -0.481 e. The van der Waals surface area contributed by atoms with Crippen LogP contribution < -0.4 is 9.96 Å². The van der Waals surface area contributed by atoms with Crippen molar-refractivity contribution < 1.29 is 19.1 Å². The summed E-state index contributed by atoms with van der Waals surface area (Å²) < 4.78 is 13.4. The summed E-state index contributed by atoms with van der Waals surface area (Å²) in [6.45, 7) is 10.0. The lowest BCUT2D eigenvalue weighted by Gasteiger charge is -2.29. The Bertz CT molecular complexity index is 998. The van der Waals surface area contributed by atoms with Crippen molar-refractivity contribution in [3.05, 3.63) is 35.5 Å². The Kier molecular flexibility index (Phi) is 10.5. The van der Waals surface area contributed by atoms with Crippen molar-refractivity contribution in [2.24, 2.45) is 5.92 Å². The SMILES string of the molecule is COc1c(-c2ccc(CC(=O)[C@@H](N[B]C=O)C3CCCCC3)cc2)c(C)nn1COCC[Si](C)(C)C. The predicted molar refractivity (Wildman–Crippen MR) is 148 cm³/mol. The fourth-order valence-electron chi connectivity index (χ4n) is 4.92. The first-order valence-electron chi connectivity index (χ1n) is 13.1. The highest BCUT2D eigenvalue weighted by Gasteiger charge is 2.29. The first-order chi connectivity index (χ1) is 17.2. The molecule has 0 amide bonds.